The molecule has 1 fully saturated rings. The number of benzene rings is 1. The highest BCUT2D eigenvalue weighted by Crippen LogP contribution is 2.28. The molecule has 154 valence electrons. The van der Waals surface area contributed by atoms with Crippen LogP contribution in [0.1, 0.15) is 45.1 Å². The fourth-order valence-electron chi connectivity index (χ4n) is 2.98. The van der Waals surface area contributed by atoms with Gasteiger partial charge in [0.15, 0.2) is 11.5 Å². The molecule has 6 nitrogen and oxygen atoms in total. The first kappa shape index (κ1) is 21.8. The van der Waals surface area contributed by atoms with Gasteiger partial charge in [-0.05, 0) is 42.5 Å². The fourth-order valence-corrected chi connectivity index (χ4v) is 2.98. The molecule has 1 heterocycles. The first-order valence-electron chi connectivity index (χ1n) is 10.0. The lowest BCUT2D eigenvalue weighted by Crippen LogP contribution is -2.37. The number of carbonyl (C=O) groups is 2. The monoisotopic (exact) mass is 388 g/mol. The summed E-state index contributed by atoms with van der Waals surface area (Å²) >= 11 is 0. The lowest BCUT2D eigenvalue weighted by molar-refractivity contribution is -0.131. The Hall–Kier alpha value is -2.50. The van der Waals surface area contributed by atoms with E-state index in [1.54, 1.807) is 13.2 Å². The third-order valence-corrected chi connectivity index (χ3v) is 4.54. The van der Waals surface area contributed by atoms with Crippen molar-refractivity contribution in [1.29, 1.82) is 0 Å². The van der Waals surface area contributed by atoms with Gasteiger partial charge in [-0.15, -0.1) is 0 Å². The van der Waals surface area contributed by atoms with Gasteiger partial charge in [0.05, 0.1) is 13.7 Å². The highest BCUT2D eigenvalue weighted by Gasteiger charge is 2.15. The van der Waals surface area contributed by atoms with Crippen molar-refractivity contribution in [2.24, 2.45) is 5.92 Å². The van der Waals surface area contributed by atoms with Crippen molar-refractivity contribution in [3.05, 3.63) is 29.8 Å². The standard InChI is InChI=1S/C22H32N2O4/c1-17(2)16-28-19-10-8-18(15-20(19)27-3)9-11-21(25)23-12-14-24-13-6-4-5-7-22(24)26/h8-11,15,17H,4-7,12-14,16H2,1-3H3,(H,23,25)/b11-9+. The van der Waals surface area contributed by atoms with E-state index in [0.717, 1.165) is 31.4 Å². The normalized spacial score (nSPS) is 15.0. The zero-order valence-corrected chi connectivity index (χ0v) is 17.2. The Morgan fingerprint density at radius 1 is 1.25 bits per heavy atom. The van der Waals surface area contributed by atoms with E-state index in [1.807, 2.05) is 23.1 Å². The van der Waals surface area contributed by atoms with Crippen LogP contribution in [0.15, 0.2) is 24.3 Å². The lowest BCUT2D eigenvalue weighted by atomic mass is 10.2. The minimum absolute atomic E-state index is 0.179. The highest BCUT2D eigenvalue weighted by molar-refractivity contribution is 5.91. The predicted molar refractivity (Wildman–Crippen MR) is 110 cm³/mol. The van der Waals surface area contributed by atoms with E-state index in [0.29, 0.717) is 43.5 Å². The van der Waals surface area contributed by atoms with E-state index in [9.17, 15) is 9.59 Å². The Balaban J connectivity index is 1.83. The number of rotatable bonds is 9. The van der Waals surface area contributed by atoms with Gasteiger partial charge in [-0.1, -0.05) is 26.3 Å². The van der Waals surface area contributed by atoms with E-state index < -0.39 is 0 Å². The van der Waals surface area contributed by atoms with E-state index in [4.69, 9.17) is 9.47 Å². The second kappa shape index (κ2) is 11.4. The molecular formula is C22H32N2O4. The summed E-state index contributed by atoms with van der Waals surface area (Å²) in [6.07, 6.45) is 6.96. The van der Waals surface area contributed by atoms with Crippen molar-refractivity contribution in [2.45, 2.75) is 39.5 Å². The molecule has 0 unspecified atom stereocenters. The molecule has 1 aliphatic heterocycles. The van der Waals surface area contributed by atoms with Crippen molar-refractivity contribution in [3.8, 4) is 11.5 Å². The molecule has 0 bridgehead atoms. The van der Waals surface area contributed by atoms with Crippen LogP contribution in [0, 0.1) is 5.92 Å². The van der Waals surface area contributed by atoms with Crippen molar-refractivity contribution < 1.29 is 19.1 Å². The Bertz CT molecular complexity index is 685. The average molecular weight is 389 g/mol. The van der Waals surface area contributed by atoms with Crippen molar-refractivity contribution >= 4 is 17.9 Å². The van der Waals surface area contributed by atoms with Gasteiger partial charge in [0.2, 0.25) is 11.8 Å². The van der Waals surface area contributed by atoms with Crippen LogP contribution in [-0.2, 0) is 9.59 Å². The summed E-state index contributed by atoms with van der Waals surface area (Å²) in [5, 5.41) is 2.84. The van der Waals surface area contributed by atoms with Crippen LogP contribution in [0.3, 0.4) is 0 Å². The van der Waals surface area contributed by atoms with Crippen LogP contribution in [0.25, 0.3) is 6.08 Å². The molecule has 2 amide bonds. The first-order valence-corrected chi connectivity index (χ1v) is 10.0. The Morgan fingerprint density at radius 3 is 2.82 bits per heavy atom. The third kappa shape index (κ3) is 7.25. The summed E-state index contributed by atoms with van der Waals surface area (Å²) < 4.78 is 11.1. The smallest absolute Gasteiger partial charge is 0.244 e. The average Bonchev–Trinajstić information content (AvgIpc) is 2.89. The minimum Gasteiger partial charge on any atom is -0.493 e. The van der Waals surface area contributed by atoms with Crippen molar-refractivity contribution in [1.82, 2.24) is 10.2 Å². The molecule has 1 aromatic rings. The number of likely N-dealkylation sites (tertiary alicyclic amines) is 1. The number of ether oxygens (including phenoxy) is 2. The molecular weight excluding hydrogens is 356 g/mol. The van der Waals surface area contributed by atoms with Crippen LogP contribution >= 0.6 is 0 Å². The van der Waals surface area contributed by atoms with Crippen LogP contribution in [-0.4, -0.2) is 50.1 Å². The van der Waals surface area contributed by atoms with E-state index in [-0.39, 0.29) is 11.8 Å². The Morgan fingerprint density at radius 2 is 2.07 bits per heavy atom. The molecule has 0 saturated carbocycles. The zero-order chi connectivity index (χ0) is 20.4. The van der Waals surface area contributed by atoms with E-state index in [2.05, 4.69) is 19.2 Å². The summed E-state index contributed by atoms with van der Waals surface area (Å²) in [7, 11) is 1.60. The van der Waals surface area contributed by atoms with Gasteiger partial charge in [-0.25, -0.2) is 0 Å². The molecule has 0 atom stereocenters. The topological polar surface area (TPSA) is 67.9 Å². The second-order valence-electron chi connectivity index (χ2n) is 7.43. The highest BCUT2D eigenvalue weighted by atomic mass is 16.5. The van der Waals surface area contributed by atoms with Gasteiger partial charge < -0.3 is 19.7 Å². The maximum Gasteiger partial charge on any atom is 0.244 e. The molecule has 0 aromatic heterocycles. The number of methoxy groups -OCH3 is 1. The summed E-state index contributed by atoms with van der Waals surface area (Å²) in [5.74, 6) is 1.77. The Kier molecular flexibility index (Phi) is 8.85. The van der Waals surface area contributed by atoms with Crippen LogP contribution in [0.2, 0.25) is 0 Å². The summed E-state index contributed by atoms with van der Waals surface area (Å²) in [6.45, 7) is 6.60. The van der Waals surface area contributed by atoms with Crippen LogP contribution < -0.4 is 14.8 Å². The SMILES string of the molecule is COc1cc(/C=C/C(=O)NCCN2CCCCCC2=O)ccc1OCC(C)C. The minimum atomic E-state index is -0.179. The molecule has 1 aliphatic rings. The molecule has 1 saturated heterocycles. The Labute approximate surface area is 167 Å². The van der Waals surface area contributed by atoms with Gasteiger partial charge in [0.25, 0.3) is 0 Å². The number of hydrogen-bond acceptors (Lipinski definition) is 4. The number of nitrogens with zero attached hydrogens (tertiary/aromatic N) is 1. The quantitative estimate of drug-likeness (QED) is 0.660. The number of hydrogen-bond donors (Lipinski definition) is 1. The molecule has 0 radical (unpaired) electrons. The summed E-state index contributed by atoms with van der Waals surface area (Å²) in [5.41, 5.74) is 0.853. The van der Waals surface area contributed by atoms with Crippen molar-refractivity contribution in [3.63, 3.8) is 0 Å². The number of carbonyl (C=O) groups excluding carboxylic acids is 2. The van der Waals surface area contributed by atoms with Crippen molar-refractivity contribution in [2.75, 3.05) is 33.4 Å². The third-order valence-electron chi connectivity index (χ3n) is 4.54. The van der Waals surface area contributed by atoms with Gasteiger partial charge in [-0.3, -0.25) is 9.59 Å². The zero-order valence-electron chi connectivity index (χ0n) is 17.2. The lowest BCUT2D eigenvalue weighted by Gasteiger charge is -2.20. The maximum absolute atomic E-state index is 12.0. The number of nitrogens with one attached hydrogen (secondary N) is 1. The van der Waals surface area contributed by atoms with E-state index >= 15 is 0 Å². The summed E-state index contributed by atoms with van der Waals surface area (Å²) in [6, 6.07) is 5.58. The molecule has 1 aromatic carbocycles. The van der Waals surface area contributed by atoms with Gasteiger partial charge in [0, 0.05) is 32.1 Å². The van der Waals surface area contributed by atoms with Crippen LogP contribution in [0.4, 0.5) is 0 Å². The molecule has 0 spiro atoms. The predicted octanol–water partition coefficient (Wildman–Crippen LogP) is 3.26. The molecule has 1 N–H and O–H groups in total. The first-order chi connectivity index (χ1) is 13.5. The largest absolute Gasteiger partial charge is 0.493 e. The van der Waals surface area contributed by atoms with Crippen LogP contribution in [0.5, 0.6) is 11.5 Å². The van der Waals surface area contributed by atoms with Gasteiger partial charge >= 0.3 is 0 Å². The number of amides is 2. The van der Waals surface area contributed by atoms with Gasteiger partial charge in [0.1, 0.15) is 0 Å². The molecule has 28 heavy (non-hydrogen) atoms. The molecule has 2 rings (SSSR count). The van der Waals surface area contributed by atoms with Gasteiger partial charge in [-0.2, -0.15) is 0 Å². The summed E-state index contributed by atoms with van der Waals surface area (Å²) in [4.78, 5) is 25.8. The van der Waals surface area contributed by atoms with E-state index in [1.165, 1.54) is 6.08 Å². The fraction of sp³-hybridized carbons (Fsp3) is 0.545. The maximum atomic E-state index is 12.0. The molecule has 0 aliphatic carbocycles. The molecule has 6 heteroatoms. The second-order valence-corrected chi connectivity index (χ2v) is 7.43.